The molecule has 0 unspecified atom stereocenters. The van der Waals surface area contributed by atoms with Crippen LogP contribution in [0.1, 0.15) is 82.2 Å². The van der Waals surface area contributed by atoms with E-state index in [0.29, 0.717) is 0 Å². The minimum atomic E-state index is -2.48. The number of carbonyl (C=O) groups is 6. The number of methoxy groups -OCH3 is 1. The lowest BCUT2D eigenvalue weighted by Crippen LogP contribution is -3.00. The van der Waals surface area contributed by atoms with Crippen LogP contribution in [0, 0.1) is 0 Å². The Labute approximate surface area is 296 Å². The van der Waals surface area contributed by atoms with Crippen LogP contribution in [0.15, 0.2) is 18.2 Å². The summed E-state index contributed by atoms with van der Waals surface area (Å²) in [6.45, 7) is 1.54. The van der Waals surface area contributed by atoms with Crippen LogP contribution in [0.4, 0.5) is 0 Å². The number of aromatic hydroxyl groups is 2. The SMILES string of the molecule is COc1cccc2c1C(=O)c1c(O)c3c(c(O)c1C2=O)C[C@@](O)(C(=O)COC(=O)C[C@H](NC(C)=O)C(=O)O)C[C@@H]3O[C@H]1C[C@H]([NH3+])[C@H](O)[C@H](C)O1.[Cl-]. The lowest BCUT2D eigenvalue weighted by atomic mass is 9.72. The molecule has 1 saturated heterocycles. The van der Waals surface area contributed by atoms with Gasteiger partial charge >= 0.3 is 11.9 Å². The van der Waals surface area contributed by atoms with Crippen LogP contribution in [0.2, 0.25) is 0 Å². The number of carbonyl (C=O) groups excluding carboxylic acids is 5. The van der Waals surface area contributed by atoms with Gasteiger partial charge in [-0.2, -0.15) is 0 Å². The average molecular weight is 737 g/mol. The van der Waals surface area contributed by atoms with Gasteiger partial charge in [0.1, 0.15) is 41.0 Å². The summed E-state index contributed by atoms with van der Waals surface area (Å²) < 4.78 is 22.1. The van der Waals surface area contributed by atoms with Crippen molar-refractivity contribution in [2.24, 2.45) is 0 Å². The zero-order chi connectivity index (χ0) is 36.8. The van der Waals surface area contributed by atoms with Gasteiger partial charge in [-0.3, -0.25) is 24.0 Å². The van der Waals surface area contributed by atoms with E-state index in [1.165, 1.54) is 25.3 Å². The standard InChI is InChI=1S/C33H36N2O15.ClH/c1-12-27(39)16(34)7-22(49-12)50-19-10-33(46,20(37)11-48-21(38)8-17(32(44)45)35-13(2)36)9-15-24(19)31(43)26-25(29(15)41)28(40)14-5-4-6-18(47-3)23(14)30(26)42;/h4-6,12,16-17,19,22,27,39,41,43,46H,7-11,34H2,1-3H3,(H,35,36)(H,44,45);1H/t12-,16-,17-,19-,22-,27+,33-;/m0./s1. The molecule has 1 fully saturated rings. The van der Waals surface area contributed by atoms with Crippen LogP contribution in [-0.4, -0.2) is 111 Å². The number of esters is 1. The molecule has 3 aliphatic rings. The number of rotatable bonds is 10. The van der Waals surface area contributed by atoms with Crippen molar-refractivity contribution in [1.82, 2.24) is 5.32 Å². The molecule has 0 radical (unpaired) electrons. The summed E-state index contributed by atoms with van der Waals surface area (Å²) in [4.78, 5) is 76.3. The molecular weight excluding hydrogens is 700 g/mol. The number of hydrogen-bond donors (Lipinski definition) is 7. The summed E-state index contributed by atoms with van der Waals surface area (Å²) in [6, 6.07) is 2.01. The second-order valence-corrected chi connectivity index (χ2v) is 12.6. The predicted molar refractivity (Wildman–Crippen MR) is 164 cm³/mol. The number of halogens is 1. The quantitative estimate of drug-likeness (QED) is 0.0768. The molecule has 51 heavy (non-hydrogen) atoms. The van der Waals surface area contributed by atoms with Gasteiger partial charge in [0.15, 0.2) is 18.7 Å². The third kappa shape index (κ3) is 7.26. The van der Waals surface area contributed by atoms with Crippen LogP contribution < -0.4 is 28.2 Å². The molecule has 5 rings (SSSR count). The smallest absolute Gasteiger partial charge is 0.326 e. The first kappa shape index (κ1) is 39.1. The van der Waals surface area contributed by atoms with E-state index in [1.807, 2.05) is 0 Å². The monoisotopic (exact) mass is 736 g/mol. The van der Waals surface area contributed by atoms with Gasteiger partial charge in [-0.15, -0.1) is 0 Å². The van der Waals surface area contributed by atoms with Crippen LogP contribution in [-0.2, 0) is 39.8 Å². The number of aliphatic hydroxyl groups excluding tert-OH is 1. The molecule has 1 heterocycles. The number of amides is 1. The molecule has 2 aromatic carbocycles. The van der Waals surface area contributed by atoms with Crippen molar-refractivity contribution in [2.45, 2.75) is 81.8 Å². The number of carboxylic acid groups (broad SMARTS) is 1. The molecular formula is C33H37ClN2O15. The fraction of sp³-hybridized carbons (Fsp3) is 0.455. The van der Waals surface area contributed by atoms with Gasteiger partial charge in [0.05, 0.1) is 48.8 Å². The Hall–Kier alpha value is -4.65. The van der Waals surface area contributed by atoms with Crippen molar-refractivity contribution < 1.29 is 91.4 Å². The zero-order valence-electron chi connectivity index (χ0n) is 27.6. The minimum absolute atomic E-state index is 0. The van der Waals surface area contributed by atoms with Crippen molar-refractivity contribution in [1.29, 1.82) is 0 Å². The van der Waals surface area contributed by atoms with Gasteiger partial charge in [0.25, 0.3) is 0 Å². The molecule has 0 saturated carbocycles. The minimum Gasteiger partial charge on any atom is -1.00 e. The molecule has 9 N–H and O–H groups in total. The van der Waals surface area contributed by atoms with E-state index in [0.717, 1.165) is 6.92 Å². The number of aliphatic hydroxyl groups is 2. The largest absolute Gasteiger partial charge is 1.00 e. The first-order valence-electron chi connectivity index (χ1n) is 15.6. The summed E-state index contributed by atoms with van der Waals surface area (Å²) in [7, 11) is 1.29. The Morgan fingerprint density at radius 3 is 2.37 bits per heavy atom. The Bertz CT molecular complexity index is 1790. The number of carboxylic acids is 1. The van der Waals surface area contributed by atoms with Crippen molar-refractivity contribution in [3.8, 4) is 17.2 Å². The van der Waals surface area contributed by atoms with Gasteiger partial charge in [-0.25, -0.2) is 4.79 Å². The maximum atomic E-state index is 13.9. The number of benzene rings is 2. The Morgan fingerprint density at radius 1 is 1.10 bits per heavy atom. The summed E-state index contributed by atoms with van der Waals surface area (Å²) in [5, 5.41) is 56.7. The second kappa shape index (κ2) is 14.9. The van der Waals surface area contributed by atoms with Crippen LogP contribution >= 0.6 is 0 Å². The Balaban J connectivity index is 0.00000583. The molecule has 1 aliphatic heterocycles. The van der Waals surface area contributed by atoms with Crippen molar-refractivity contribution in [3.63, 3.8) is 0 Å². The third-order valence-electron chi connectivity index (χ3n) is 9.15. The lowest BCUT2D eigenvalue weighted by Gasteiger charge is -2.41. The van der Waals surface area contributed by atoms with E-state index in [1.54, 1.807) is 6.92 Å². The zero-order valence-corrected chi connectivity index (χ0v) is 28.4. The molecule has 0 aromatic heterocycles. The first-order valence-corrected chi connectivity index (χ1v) is 15.6. The van der Waals surface area contributed by atoms with Gasteiger partial charge in [-0.1, -0.05) is 12.1 Å². The number of aliphatic carboxylic acids is 1. The average Bonchev–Trinajstić information content (AvgIpc) is 3.05. The predicted octanol–water partition coefficient (Wildman–Crippen LogP) is -4.18. The molecule has 7 atom stereocenters. The van der Waals surface area contributed by atoms with Gasteiger partial charge in [-0.05, 0) is 13.0 Å². The van der Waals surface area contributed by atoms with Crippen molar-refractivity contribution >= 4 is 35.2 Å². The highest BCUT2D eigenvalue weighted by Crippen LogP contribution is 2.52. The number of quaternary nitrogens is 1. The van der Waals surface area contributed by atoms with Gasteiger partial charge in [0.2, 0.25) is 17.5 Å². The lowest BCUT2D eigenvalue weighted by molar-refractivity contribution is -0.466. The Morgan fingerprint density at radius 2 is 1.76 bits per heavy atom. The van der Waals surface area contributed by atoms with E-state index in [2.05, 4.69) is 11.1 Å². The maximum absolute atomic E-state index is 13.9. The molecule has 0 bridgehead atoms. The van der Waals surface area contributed by atoms with E-state index >= 15 is 0 Å². The van der Waals surface area contributed by atoms with Crippen molar-refractivity contribution in [2.75, 3.05) is 13.7 Å². The number of nitrogens with one attached hydrogen (secondary N) is 1. The molecule has 2 aliphatic carbocycles. The normalized spacial score (nSPS) is 25.6. The fourth-order valence-corrected chi connectivity index (χ4v) is 6.61. The van der Waals surface area contributed by atoms with E-state index < -0.39 is 126 Å². The number of phenolic OH excluding ortho intramolecular Hbond substituents is 2. The van der Waals surface area contributed by atoms with Crippen molar-refractivity contribution in [3.05, 3.63) is 51.6 Å². The van der Waals surface area contributed by atoms with Gasteiger partial charge < -0.3 is 67.9 Å². The number of ketones is 3. The highest BCUT2D eigenvalue weighted by atomic mass is 35.5. The number of phenols is 2. The number of fused-ring (bicyclic) bond motifs is 3. The molecule has 1 amide bonds. The maximum Gasteiger partial charge on any atom is 0.326 e. The molecule has 2 aromatic rings. The summed E-state index contributed by atoms with van der Waals surface area (Å²) in [6.07, 6.45) is -6.50. The number of Topliss-reactive ketones (excluding diaryl/α,β-unsaturated/α-hetero) is 1. The third-order valence-corrected chi connectivity index (χ3v) is 9.15. The van der Waals surface area contributed by atoms with E-state index in [4.69, 9.17) is 18.9 Å². The van der Waals surface area contributed by atoms with E-state index in [-0.39, 0.29) is 46.8 Å². The number of hydrogen-bond acceptors (Lipinski definition) is 14. The van der Waals surface area contributed by atoms with E-state index in [9.17, 15) is 54.3 Å². The summed E-state index contributed by atoms with van der Waals surface area (Å²) in [5.74, 6) is -7.77. The van der Waals surface area contributed by atoms with Crippen LogP contribution in [0.25, 0.3) is 0 Å². The highest BCUT2D eigenvalue weighted by Gasteiger charge is 2.51. The van der Waals surface area contributed by atoms with Crippen LogP contribution in [0.5, 0.6) is 17.2 Å². The second-order valence-electron chi connectivity index (χ2n) is 12.6. The fourth-order valence-electron chi connectivity index (χ4n) is 6.61. The van der Waals surface area contributed by atoms with Crippen LogP contribution in [0.3, 0.4) is 0 Å². The molecule has 276 valence electrons. The first-order chi connectivity index (χ1) is 23.5. The summed E-state index contributed by atoms with van der Waals surface area (Å²) >= 11 is 0. The topological polar surface area (TPSA) is 280 Å². The highest BCUT2D eigenvalue weighted by molar-refractivity contribution is 6.31. The molecule has 17 nitrogen and oxygen atoms in total. The molecule has 18 heteroatoms. The van der Waals surface area contributed by atoms with Gasteiger partial charge in [0, 0.05) is 36.5 Å². The number of ether oxygens (including phenoxy) is 4. The molecule has 0 spiro atoms. The Kier molecular flexibility index (Phi) is 11.4. The summed E-state index contributed by atoms with van der Waals surface area (Å²) in [5.41, 5.74) is -0.483.